The van der Waals surface area contributed by atoms with Crippen molar-refractivity contribution in [3.63, 3.8) is 0 Å². The van der Waals surface area contributed by atoms with Crippen LogP contribution in [0.4, 0.5) is 17.6 Å². The molecule has 0 saturated heterocycles. The Morgan fingerprint density at radius 2 is 1.73 bits per heavy atom. The number of alkyl halides is 4. The van der Waals surface area contributed by atoms with Gasteiger partial charge in [-0.2, -0.15) is 8.78 Å². The summed E-state index contributed by atoms with van der Waals surface area (Å²) in [7, 11) is 0. The first kappa shape index (κ1) is 10.0. The highest BCUT2D eigenvalue weighted by Gasteiger charge is 2.43. The SMILES string of the molecule is FC(F)C(F)(F)n1ccc2ccccc21. The number of benzene rings is 1. The Morgan fingerprint density at radius 1 is 1.07 bits per heavy atom. The molecule has 0 spiro atoms. The fraction of sp³-hybridized carbons (Fsp3) is 0.200. The van der Waals surface area contributed by atoms with Crippen LogP contribution in [0.1, 0.15) is 0 Å². The zero-order valence-corrected chi connectivity index (χ0v) is 7.50. The molecule has 0 atom stereocenters. The smallest absolute Gasteiger partial charge is 0.284 e. The molecule has 15 heavy (non-hydrogen) atoms. The molecule has 1 aromatic heterocycles. The summed E-state index contributed by atoms with van der Waals surface area (Å²) in [5.74, 6) is 0. The minimum absolute atomic E-state index is 0.0998. The Morgan fingerprint density at radius 3 is 2.40 bits per heavy atom. The summed E-state index contributed by atoms with van der Waals surface area (Å²) < 4.78 is 50.7. The number of rotatable bonds is 2. The van der Waals surface area contributed by atoms with E-state index in [0.29, 0.717) is 9.95 Å². The first-order chi connectivity index (χ1) is 7.03. The number of fused-ring (bicyclic) bond motifs is 1. The van der Waals surface area contributed by atoms with E-state index in [-0.39, 0.29) is 5.52 Å². The van der Waals surface area contributed by atoms with Crippen molar-refractivity contribution in [3.05, 3.63) is 36.5 Å². The van der Waals surface area contributed by atoms with Crippen LogP contribution >= 0.6 is 0 Å². The summed E-state index contributed by atoms with van der Waals surface area (Å²) in [5.41, 5.74) is 0.0998. The largest absolute Gasteiger partial charge is 0.389 e. The molecular weight excluding hydrogens is 210 g/mol. The lowest BCUT2D eigenvalue weighted by Crippen LogP contribution is -2.30. The number of hydrogen-bond acceptors (Lipinski definition) is 0. The highest BCUT2D eigenvalue weighted by Crippen LogP contribution is 2.32. The topological polar surface area (TPSA) is 4.93 Å². The number of para-hydroxylation sites is 1. The van der Waals surface area contributed by atoms with Gasteiger partial charge in [-0.3, -0.25) is 4.57 Å². The van der Waals surface area contributed by atoms with E-state index in [0.717, 1.165) is 6.20 Å². The van der Waals surface area contributed by atoms with Crippen molar-refractivity contribution in [1.82, 2.24) is 4.57 Å². The number of hydrogen-bond donors (Lipinski definition) is 0. The lowest BCUT2D eigenvalue weighted by molar-refractivity contribution is -0.186. The molecule has 2 rings (SSSR count). The zero-order valence-electron chi connectivity index (χ0n) is 7.50. The third kappa shape index (κ3) is 1.48. The van der Waals surface area contributed by atoms with Crippen molar-refractivity contribution in [1.29, 1.82) is 0 Å². The molecule has 2 aromatic rings. The van der Waals surface area contributed by atoms with Crippen LogP contribution in [0.2, 0.25) is 0 Å². The van der Waals surface area contributed by atoms with Crippen LogP contribution in [0.25, 0.3) is 10.9 Å². The molecule has 1 heterocycles. The van der Waals surface area contributed by atoms with Gasteiger partial charge in [0.05, 0.1) is 5.52 Å². The van der Waals surface area contributed by atoms with Crippen LogP contribution in [0.5, 0.6) is 0 Å². The summed E-state index contributed by atoms with van der Waals surface area (Å²) in [6, 6.07) is 3.38. The fourth-order valence-electron chi connectivity index (χ4n) is 1.45. The monoisotopic (exact) mass is 217 g/mol. The van der Waals surface area contributed by atoms with Gasteiger partial charge in [0.15, 0.2) is 0 Å². The van der Waals surface area contributed by atoms with Gasteiger partial charge in [-0.1, -0.05) is 18.2 Å². The molecule has 0 fully saturated rings. The van der Waals surface area contributed by atoms with Gasteiger partial charge in [0, 0.05) is 6.20 Å². The second-order valence-corrected chi connectivity index (χ2v) is 3.13. The Balaban J connectivity index is 2.62. The van der Waals surface area contributed by atoms with Crippen molar-refractivity contribution in [2.24, 2.45) is 0 Å². The van der Waals surface area contributed by atoms with E-state index >= 15 is 0 Å². The molecule has 0 saturated carbocycles. The lowest BCUT2D eigenvalue weighted by Gasteiger charge is -2.17. The van der Waals surface area contributed by atoms with Gasteiger partial charge >= 0.3 is 12.5 Å². The second-order valence-electron chi connectivity index (χ2n) is 3.13. The van der Waals surface area contributed by atoms with Gasteiger partial charge in [0.2, 0.25) is 0 Å². The quantitative estimate of drug-likeness (QED) is 0.679. The molecule has 0 bridgehead atoms. The van der Waals surface area contributed by atoms with Gasteiger partial charge in [0.1, 0.15) is 0 Å². The maximum absolute atomic E-state index is 13.1. The van der Waals surface area contributed by atoms with E-state index in [4.69, 9.17) is 0 Å². The second kappa shape index (κ2) is 3.25. The summed E-state index contributed by atoms with van der Waals surface area (Å²) in [4.78, 5) is 0. The number of aromatic nitrogens is 1. The molecule has 1 aromatic carbocycles. The predicted octanol–water partition coefficient (Wildman–Crippen LogP) is 3.46. The maximum atomic E-state index is 13.1. The molecule has 5 heteroatoms. The van der Waals surface area contributed by atoms with E-state index in [2.05, 4.69) is 0 Å². The molecule has 0 aliphatic rings. The Kier molecular flexibility index (Phi) is 2.17. The Hall–Kier alpha value is -1.52. The van der Waals surface area contributed by atoms with Crippen molar-refractivity contribution in [3.8, 4) is 0 Å². The number of nitrogens with zero attached hydrogens (tertiary/aromatic N) is 1. The van der Waals surface area contributed by atoms with Crippen molar-refractivity contribution < 1.29 is 17.6 Å². The van der Waals surface area contributed by atoms with Crippen LogP contribution in [-0.4, -0.2) is 11.0 Å². The molecule has 0 aliphatic heterocycles. The molecule has 0 unspecified atom stereocenters. The van der Waals surface area contributed by atoms with Crippen molar-refractivity contribution in [2.45, 2.75) is 12.5 Å². The summed E-state index contributed by atoms with van der Waals surface area (Å²) in [5, 5.41) is 0.512. The summed E-state index contributed by atoms with van der Waals surface area (Å²) in [6.07, 6.45) is -2.75. The van der Waals surface area contributed by atoms with Crippen LogP contribution < -0.4 is 0 Å². The molecule has 0 amide bonds. The van der Waals surface area contributed by atoms with Crippen molar-refractivity contribution in [2.75, 3.05) is 0 Å². The third-order valence-corrected chi connectivity index (χ3v) is 2.18. The minimum atomic E-state index is -4.16. The Labute approximate surface area is 82.9 Å². The maximum Gasteiger partial charge on any atom is 0.389 e. The van der Waals surface area contributed by atoms with Gasteiger partial charge in [0.25, 0.3) is 0 Å². The standard InChI is InChI=1S/C10H7F4N/c11-9(12)10(13,14)15-6-5-7-3-1-2-4-8(7)15/h1-6,9H. The molecule has 0 aliphatic carbocycles. The van der Waals surface area contributed by atoms with Crippen LogP contribution in [0, 0.1) is 0 Å². The van der Waals surface area contributed by atoms with E-state index in [1.165, 1.54) is 18.2 Å². The summed E-state index contributed by atoms with van der Waals surface area (Å²) >= 11 is 0. The average molecular weight is 217 g/mol. The Bertz CT molecular complexity index is 475. The van der Waals surface area contributed by atoms with Gasteiger partial charge < -0.3 is 0 Å². The van der Waals surface area contributed by atoms with E-state index in [1.54, 1.807) is 12.1 Å². The molecular formula is C10H7F4N. The van der Waals surface area contributed by atoms with Crippen LogP contribution in [0.15, 0.2) is 36.5 Å². The molecule has 1 nitrogen and oxygen atoms in total. The van der Waals surface area contributed by atoms with Gasteiger partial charge in [-0.15, -0.1) is 0 Å². The zero-order chi connectivity index (χ0) is 11.1. The highest BCUT2D eigenvalue weighted by atomic mass is 19.3. The normalized spacial score (nSPS) is 12.6. The van der Waals surface area contributed by atoms with Gasteiger partial charge in [-0.25, -0.2) is 8.78 Å². The molecule has 0 N–H and O–H groups in total. The van der Waals surface area contributed by atoms with Crippen molar-refractivity contribution >= 4 is 10.9 Å². The molecule has 0 radical (unpaired) electrons. The molecule has 80 valence electrons. The van der Waals surface area contributed by atoms with E-state index in [1.807, 2.05) is 0 Å². The third-order valence-electron chi connectivity index (χ3n) is 2.18. The number of halogens is 4. The summed E-state index contributed by atoms with van der Waals surface area (Å²) in [6.45, 7) is 0. The van der Waals surface area contributed by atoms with Crippen LogP contribution in [-0.2, 0) is 6.05 Å². The van der Waals surface area contributed by atoms with Gasteiger partial charge in [-0.05, 0) is 17.5 Å². The predicted molar refractivity (Wildman–Crippen MR) is 48.1 cm³/mol. The fourth-order valence-corrected chi connectivity index (χ4v) is 1.45. The highest BCUT2D eigenvalue weighted by molar-refractivity contribution is 5.80. The lowest BCUT2D eigenvalue weighted by atomic mass is 10.2. The van der Waals surface area contributed by atoms with Crippen LogP contribution in [0.3, 0.4) is 0 Å². The minimum Gasteiger partial charge on any atom is -0.284 e. The first-order valence-corrected chi connectivity index (χ1v) is 4.26. The average Bonchev–Trinajstić information content (AvgIpc) is 2.61. The van der Waals surface area contributed by atoms with E-state index < -0.39 is 12.5 Å². The van der Waals surface area contributed by atoms with E-state index in [9.17, 15) is 17.6 Å². The first-order valence-electron chi connectivity index (χ1n) is 4.26.